The molecule has 8 nitrogen and oxygen atoms in total. The summed E-state index contributed by atoms with van der Waals surface area (Å²) in [5, 5.41) is 27.5. The molecule has 0 radical (unpaired) electrons. The van der Waals surface area contributed by atoms with E-state index in [4.69, 9.17) is 24.9 Å². The maximum absolute atomic E-state index is 11.1. The Morgan fingerprint density at radius 2 is 1.67 bits per heavy atom. The minimum atomic E-state index is -4.78. The normalized spacial score (nSPS) is 37.7. The van der Waals surface area contributed by atoms with Gasteiger partial charge in [0.1, 0.15) is 18.3 Å². The summed E-state index contributed by atoms with van der Waals surface area (Å²) >= 11 is 0. The summed E-state index contributed by atoms with van der Waals surface area (Å²) in [7, 11) is -4.78. The van der Waals surface area contributed by atoms with E-state index in [1.165, 1.54) is 0 Å². The Kier molecular flexibility index (Phi) is 3.75. The maximum Gasteiger partial charge on any atom is 0.481 e. The van der Waals surface area contributed by atoms with Gasteiger partial charge in [-0.2, -0.15) is 14.7 Å². The number of carbonyl (C=O) groups is 1. The number of aliphatic hydroxyl groups excluding tert-OH is 3. The van der Waals surface area contributed by atoms with Crippen LogP contribution in [0.15, 0.2) is 0 Å². The van der Waals surface area contributed by atoms with Gasteiger partial charge < -0.3 is 20.1 Å². The van der Waals surface area contributed by atoms with Gasteiger partial charge in [-0.15, -0.1) is 0 Å². The highest BCUT2D eigenvalue weighted by Crippen LogP contribution is 2.48. The smallest absolute Gasteiger partial charge is 0.388 e. The minimum Gasteiger partial charge on any atom is -0.388 e. The molecule has 4 atom stereocenters. The molecular formula is C6H12O8P+. The van der Waals surface area contributed by atoms with Gasteiger partial charge in [0, 0.05) is 0 Å². The van der Waals surface area contributed by atoms with Crippen LogP contribution < -0.4 is 0 Å². The molecule has 15 heavy (non-hydrogen) atoms. The van der Waals surface area contributed by atoms with Gasteiger partial charge in [0.05, 0.1) is 6.61 Å². The SMILES string of the molecule is O=C([C@H]1OC[C@H](O)[C@@H](O)[C@H]1O)[P+](O)(O)O. The van der Waals surface area contributed by atoms with E-state index in [0.29, 0.717) is 0 Å². The lowest BCUT2D eigenvalue weighted by molar-refractivity contribution is -0.187. The quantitative estimate of drug-likeness (QED) is 0.277. The summed E-state index contributed by atoms with van der Waals surface area (Å²) in [6.07, 6.45) is -6.57. The predicted molar refractivity (Wildman–Crippen MR) is 46.3 cm³/mol. The van der Waals surface area contributed by atoms with Crippen molar-refractivity contribution in [2.45, 2.75) is 24.4 Å². The molecule has 1 heterocycles. The van der Waals surface area contributed by atoms with E-state index in [1.807, 2.05) is 0 Å². The number of carbonyl (C=O) groups excluding carboxylic acids is 1. The Labute approximate surface area is 84.9 Å². The van der Waals surface area contributed by atoms with Crippen LogP contribution in [0.2, 0.25) is 0 Å². The van der Waals surface area contributed by atoms with E-state index in [-0.39, 0.29) is 0 Å². The summed E-state index contributed by atoms with van der Waals surface area (Å²) in [6, 6.07) is 0. The van der Waals surface area contributed by atoms with Crippen molar-refractivity contribution in [3.8, 4) is 0 Å². The molecule has 0 unspecified atom stereocenters. The monoisotopic (exact) mass is 243 g/mol. The van der Waals surface area contributed by atoms with Crippen LogP contribution >= 0.6 is 7.94 Å². The van der Waals surface area contributed by atoms with Gasteiger partial charge in [-0.25, -0.2) is 4.79 Å². The third-order valence-electron chi connectivity index (χ3n) is 2.04. The van der Waals surface area contributed by atoms with Crippen LogP contribution in [0, 0.1) is 0 Å². The first-order valence-electron chi connectivity index (χ1n) is 4.02. The molecule has 88 valence electrons. The second kappa shape index (κ2) is 4.36. The molecule has 0 aromatic heterocycles. The second-order valence-corrected chi connectivity index (χ2v) is 4.79. The molecule has 6 N–H and O–H groups in total. The standard InChI is InChI=1S/C6H12O8P/c7-2-1-14-5(4(9)3(2)8)6(10)15(11,12)13/h2-5,7-9,11-13H,1H2/q+1/t2-,3+,4+,5-/m0/s1. The molecule has 0 spiro atoms. The van der Waals surface area contributed by atoms with Crippen LogP contribution in [0.5, 0.6) is 0 Å². The van der Waals surface area contributed by atoms with Crippen LogP contribution in [0.25, 0.3) is 0 Å². The molecule has 1 rings (SSSR count). The van der Waals surface area contributed by atoms with Crippen molar-refractivity contribution in [2.75, 3.05) is 6.61 Å². The van der Waals surface area contributed by atoms with Crippen LogP contribution in [0.4, 0.5) is 0 Å². The van der Waals surface area contributed by atoms with Crippen molar-refractivity contribution in [2.24, 2.45) is 0 Å². The third kappa shape index (κ3) is 2.68. The minimum absolute atomic E-state index is 0.450. The molecule has 1 aliphatic heterocycles. The summed E-state index contributed by atoms with van der Waals surface area (Å²) in [4.78, 5) is 37.0. The predicted octanol–water partition coefficient (Wildman–Crippen LogP) is -3.27. The van der Waals surface area contributed by atoms with Gasteiger partial charge >= 0.3 is 13.5 Å². The lowest BCUT2D eigenvalue weighted by Crippen LogP contribution is -2.55. The van der Waals surface area contributed by atoms with E-state index in [9.17, 15) is 9.90 Å². The zero-order valence-corrected chi connectivity index (χ0v) is 8.36. The zero-order valence-electron chi connectivity index (χ0n) is 7.46. The summed E-state index contributed by atoms with van der Waals surface area (Å²) < 4.78 is 4.60. The molecule has 0 bridgehead atoms. The fourth-order valence-electron chi connectivity index (χ4n) is 1.19. The number of rotatable bonds is 2. The fraction of sp³-hybridized carbons (Fsp3) is 0.833. The molecule has 0 aliphatic carbocycles. The number of hydrogen-bond acceptors (Lipinski definition) is 8. The number of hydrogen-bond donors (Lipinski definition) is 6. The van der Waals surface area contributed by atoms with Gasteiger partial charge in [0.25, 0.3) is 0 Å². The Balaban J connectivity index is 2.76. The van der Waals surface area contributed by atoms with Crippen molar-refractivity contribution in [3.63, 3.8) is 0 Å². The van der Waals surface area contributed by atoms with Gasteiger partial charge in [0.2, 0.25) is 0 Å². The Morgan fingerprint density at radius 3 is 2.13 bits per heavy atom. The van der Waals surface area contributed by atoms with Crippen molar-refractivity contribution in [1.82, 2.24) is 0 Å². The first-order chi connectivity index (χ1) is 6.75. The molecular weight excluding hydrogens is 231 g/mol. The average molecular weight is 243 g/mol. The van der Waals surface area contributed by atoms with Crippen molar-refractivity contribution in [3.05, 3.63) is 0 Å². The van der Waals surface area contributed by atoms with Crippen molar-refractivity contribution in [1.29, 1.82) is 0 Å². The Hall–Kier alpha value is -0.180. The van der Waals surface area contributed by atoms with Gasteiger partial charge in [-0.3, -0.25) is 0 Å². The van der Waals surface area contributed by atoms with Crippen LogP contribution in [0.1, 0.15) is 0 Å². The first kappa shape index (κ1) is 12.9. The van der Waals surface area contributed by atoms with E-state index in [0.717, 1.165) is 0 Å². The largest absolute Gasteiger partial charge is 0.481 e. The van der Waals surface area contributed by atoms with Crippen molar-refractivity contribution >= 4 is 13.5 Å². The maximum atomic E-state index is 11.1. The van der Waals surface area contributed by atoms with Crippen LogP contribution in [-0.4, -0.2) is 66.5 Å². The van der Waals surface area contributed by atoms with Crippen molar-refractivity contribution < 1.29 is 39.5 Å². The molecule has 1 fully saturated rings. The number of ether oxygens (including phenoxy) is 1. The topological polar surface area (TPSA) is 148 Å². The Morgan fingerprint density at radius 1 is 1.13 bits per heavy atom. The van der Waals surface area contributed by atoms with E-state index >= 15 is 0 Å². The van der Waals surface area contributed by atoms with E-state index < -0.39 is 44.5 Å². The van der Waals surface area contributed by atoms with Gasteiger partial charge in [0.15, 0.2) is 6.10 Å². The summed E-state index contributed by atoms with van der Waals surface area (Å²) in [6.45, 7) is -0.450. The van der Waals surface area contributed by atoms with E-state index in [1.54, 1.807) is 0 Å². The average Bonchev–Trinajstić information content (AvgIpc) is 2.12. The summed E-state index contributed by atoms with van der Waals surface area (Å²) in [5.41, 5.74) is -1.50. The highest BCUT2D eigenvalue weighted by atomic mass is 31.2. The molecule has 0 aromatic rings. The molecule has 0 amide bonds. The lowest BCUT2D eigenvalue weighted by Gasteiger charge is -2.33. The zero-order chi connectivity index (χ0) is 11.8. The molecule has 9 heteroatoms. The Bertz CT molecular complexity index is 250. The number of aliphatic hydroxyl groups is 3. The molecule has 0 aromatic carbocycles. The lowest BCUT2D eigenvalue weighted by atomic mass is 10.0. The third-order valence-corrected chi connectivity index (χ3v) is 2.89. The first-order valence-corrected chi connectivity index (χ1v) is 5.67. The van der Waals surface area contributed by atoms with Gasteiger partial charge in [-0.1, -0.05) is 0 Å². The van der Waals surface area contributed by atoms with Crippen LogP contribution in [-0.2, 0) is 9.53 Å². The van der Waals surface area contributed by atoms with Gasteiger partial charge in [-0.05, 0) is 0 Å². The second-order valence-electron chi connectivity index (χ2n) is 3.21. The highest BCUT2D eigenvalue weighted by Gasteiger charge is 2.54. The van der Waals surface area contributed by atoms with E-state index in [2.05, 4.69) is 4.74 Å². The van der Waals surface area contributed by atoms with Crippen LogP contribution in [0.3, 0.4) is 0 Å². The molecule has 1 aliphatic rings. The highest BCUT2D eigenvalue weighted by molar-refractivity contribution is 7.76. The fourth-order valence-corrected chi connectivity index (χ4v) is 1.76. The molecule has 0 saturated carbocycles. The summed E-state index contributed by atoms with van der Waals surface area (Å²) in [5.74, 6) is 0. The molecule has 1 saturated heterocycles.